The first kappa shape index (κ1) is 19.6. The largest absolute Gasteiger partial charge is 0.334 e. The predicted molar refractivity (Wildman–Crippen MR) is 88.7 cm³/mol. The number of hydrogen-bond donors (Lipinski definition) is 1. The lowest BCUT2D eigenvalue weighted by atomic mass is 10.2. The van der Waals surface area contributed by atoms with Crippen molar-refractivity contribution >= 4 is 42.1 Å². The Balaban J connectivity index is 0.00000180. The van der Waals surface area contributed by atoms with Gasteiger partial charge in [-0.2, -0.15) is 0 Å². The average Bonchev–Trinajstić information content (AvgIpc) is 2.95. The van der Waals surface area contributed by atoms with Crippen LogP contribution >= 0.6 is 36.2 Å². The van der Waals surface area contributed by atoms with Gasteiger partial charge in [-0.3, -0.25) is 4.79 Å². The molecule has 2 rings (SSSR count). The normalized spacial score (nSPS) is 17.2. The number of rotatable bonds is 4. The number of nitrogens with one attached hydrogen (secondary N) is 1. The van der Waals surface area contributed by atoms with Crippen LogP contribution in [0.1, 0.15) is 40.1 Å². The zero-order valence-electron chi connectivity index (χ0n) is 12.1. The fourth-order valence-corrected chi connectivity index (χ4v) is 3.33. The minimum Gasteiger partial charge on any atom is -0.334 e. The molecule has 1 atom stereocenters. The molecule has 0 saturated carbocycles. The number of aryl methyl sites for hydroxylation is 2. The van der Waals surface area contributed by atoms with Crippen LogP contribution in [0.25, 0.3) is 0 Å². The van der Waals surface area contributed by atoms with Crippen LogP contribution in [0.4, 0.5) is 0 Å². The molecular weight excluding hydrogens is 317 g/mol. The smallest absolute Gasteiger partial charge is 0.266 e. The zero-order chi connectivity index (χ0) is 13.1. The van der Waals surface area contributed by atoms with Gasteiger partial charge in [0.25, 0.3) is 5.91 Å². The lowest BCUT2D eigenvalue weighted by molar-refractivity contribution is 0.0696. The van der Waals surface area contributed by atoms with E-state index in [0.29, 0.717) is 6.04 Å². The van der Waals surface area contributed by atoms with Gasteiger partial charge in [0.05, 0.1) is 10.7 Å². The van der Waals surface area contributed by atoms with E-state index in [1.54, 1.807) is 0 Å². The second-order valence-electron chi connectivity index (χ2n) is 4.79. The van der Waals surface area contributed by atoms with E-state index in [9.17, 15) is 4.79 Å². The number of amides is 1. The Kier molecular flexibility index (Phi) is 8.66. The highest BCUT2D eigenvalue weighted by Crippen LogP contribution is 2.22. The molecule has 0 bridgehead atoms. The number of carbonyl (C=O) groups excluding carboxylic acids is 1. The summed E-state index contributed by atoms with van der Waals surface area (Å²) >= 11 is 1.51. The Morgan fingerprint density at radius 1 is 1.45 bits per heavy atom. The van der Waals surface area contributed by atoms with Crippen LogP contribution in [0.15, 0.2) is 0 Å². The van der Waals surface area contributed by atoms with E-state index >= 15 is 0 Å². The van der Waals surface area contributed by atoms with Crippen LogP contribution in [0.2, 0.25) is 0 Å². The van der Waals surface area contributed by atoms with Crippen LogP contribution in [-0.4, -0.2) is 41.5 Å². The minimum absolute atomic E-state index is 0. The maximum Gasteiger partial charge on any atom is 0.266 e. The molecule has 116 valence electrons. The van der Waals surface area contributed by atoms with Crippen molar-refractivity contribution in [2.24, 2.45) is 0 Å². The van der Waals surface area contributed by atoms with Crippen LogP contribution < -0.4 is 5.32 Å². The van der Waals surface area contributed by atoms with E-state index in [0.717, 1.165) is 48.1 Å². The standard InChI is InChI=1S/C13H21N3OS.2ClH/c1-4-7-16(11-5-6-14-8-11)13(17)12-9(2)15-10(3)18-12;;/h11,14H,4-8H2,1-3H3;2*1H. The minimum atomic E-state index is 0. The fraction of sp³-hybridized carbons (Fsp3) is 0.692. The van der Waals surface area contributed by atoms with Gasteiger partial charge in [-0.05, 0) is 33.2 Å². The van der Waals surface area contributed by atoms with E-state index in [-0.39, 0.29) is 30.7 Å². The van der Waals surface area contributed by atoms with Gasteiger partial charge in [0, 0.05) is 19.1 Å². The Bertz CT molecular complexity index is 433. The summed E-state index contributed by atoms with van der Waals surface area (Å²) in [5.41, 5.74) is 0.870. The highest BCUT2D eigenvalue weighted by Gasteiger charge is 2.28. The molecule has 1 aromatic rings. The SMILES string of the molecule is CCCN(C(=O)c1sc(C)nc1C)C1CCNC1.Cl.Cl. The molecule has 1 amide bonds. The highest BCUT2D eigenvalue weighted by atomic mass is 35.5. The molecule has 1 aromatic heterocycles. The van der Waals surface area contributed by atoms with Crippen molar-refractivity contribution in [3.63, 3.8) is 0 Å². The van der Waals surface area contributed by atoms with Crippen molar-refractivity contribution in [1.29, 1.82) is 0 Å². The topological polar surface area (TPSA) is 45.2 Å². The van der Waals surface area contributed by atoms with Crippen molar-refractivity contribution < 1.29 is 4.79 Å². The third kappa shape index (κ3) is 4.32. The summed E-state index contributed by atoms with van der Waals surface area (Å²) in [6.45, 7) is 8.76. The van der Waals surface area contributed by atoms with E-state index in [4.69, 9.17) is 0 Å². The monoisotopic (exact) mass is 339 g/mol. The first-order valence-electron chi connectivity index (χ1n) is 6.59. The maximum atomic E-state index is 12.6. The quantitative estimate of drug-likeness (QED) is 0.917. The molecule has 0 radical (unpaired) electrons. The van der Waals surface area contributed by atoms with Crippen molar-refractivity contribution in [2.75, 3.05) is 19.6 Å². The molecule has 1 aliphatic heterocycles. The number of nitrogens with zero attached hydrogens (tertiary/aromatic N) is 2. The summed E-state index contributed by atoms with van der Waals surface area (Å²) in [6.07, 6.45) is 2.06. The van der Waals surface area contributed by atoms with Gasteiger partial charge >= 0.3 is 0 Å². The number of aromatic nitrogens is 1. The van der Waals surface area contributed by atoms with Gasteiger partial charge in [0.1, 0.15) is 4.88 Å². The molecule has 0 spiro atoms. The Hall–Kier alpha value is -0.360. The highest BCUT2D eigenvalue weighted by molar-refractivity contribution is 7.13. The molecule has 0 aromatic carbocycles. The second kappa shape index (κ2) is 8.82. The predicted octanol–water partition coefficient (Wildman–Crippen LogP) is 2.82. The molecule has 1 fully saturated rings. The summed E-state index contributed by atoms with van der Waals surface area (Å²) in [5, 5.41) is 4.30. The molecule has 20 heavy (non-hydrogen) atoms. The summed E-state index contributed by atoms with van der Waals surface area (Å²) in [7, 11) is 0. The van der Waals surface area contributed by atoms with Gasteiger partial charge in [-0.25, -0.2) is 4.98 Å². The van der Waals surface area contributed by atoms with Crippen molar-refractivity contribution in [2.45, 2.75) is 39.7 Å². The average molecular weight is 340 g/mol. The molecule has 2 heterocycles. The van der Waals surface area contributed by atoms with Crippen LogP contribution in [0.5, 0.6) is 0 Å². The zero-order valence-corrected chi connectivity index (χ0v) is 14.6. The van der Waals surface area contributed by atoms with Gasteiger partial charge in [0.2, 0.25) is 0 Å². The van der Waals surface area contributed by atoms with Crippen molar-refractivity contribution in [3.8, 4) is 0 Å². The van der Waals surface area contributed by atoms with Crippen molar-refractivity contribution in [3.05, 3.63) is 15.6 Å². The fourth-order valence-electron chi connectivity index (χ4n) is 2.46. The molecule has 1 saturated heterocycles. The van der Waals surface area contributed by atoms with Gasteiger partial charge in [-0.1, -0.05) is 6.92 Å². The van der Waals surface area contributed by atoms with Crippen LogP contribution in [0, 0.1) is 13.8 Å². The van der Waals surface area contributed by atoms with Gasteiger partial charge in [0.15, 0.2) is 0 Å². The third-order valence-electron chi connectivity index (χ3n) is 3.30. The van der Waals surface area contributed by atoms with Crippen molar-refractivity contribution in [1.82, 2.24) is 15.2 Å². The van der Waals surface area contributed by atoms with E-state index in [1.807, 2.05) is 18.7 Å². The molecular formula is C13H23Cl2N3OS. The molecule has 1 aliphatic rings. The molecule has 4 nitrogen and oxygen atoms in total. The summed E-state index contributed by atoms with van der Waals surface area (Å²) in [5.74, 6) is 0.161. The molecule has 7 heteroatoms. The van der Waals surface area contributed by atoms with E-state index in [2.05, 4.69) is 17.2 Å². The Labute approximate surface area is 137 Å². The number of hydrogen-bond acceptors (Lipinski definition) is 4. The van der Waals surface area contributed by atoms with E-state index in [1.165, 1.54) is 11.3 Å². The summed E-state index contributed by atoms with van der Waals surface area (Å²) in [4.78, 5) is 19.8. The lowest BCUT2D eigenvalue weighted by Gasteiger charge is -2.27. The molecule has 1 N–H and O–H groups in total. The molecule has 0 aliphatic carbocycles. The second-order valence-corrected chi connectivity index (χ2v) is 6.00. The summed E-state index contributed by atoms with van der Waals surface area (Å²) < 4.78 is 0. The van der Waals surface area contributed by atoms with Gasteiger partial charge in [-0.15, -0.1) is 36.2 Å². The number of halogens is 2. The van der Waals surface area contributed by atoms with Gasteiger partial charge < -0.3 is 10.2 Å². The van der Waals surface area contributed by atoms with Crippen LogP contribution in [-0.2, 0) is 0 Å². The Morgan fingerprint density at radius 3 is 2.60 bits per heavy atom. The lowest BCUT2D eigenvalue weighted by Crippen LogP contribution is -2.42. The number of thiazole rings is 1. The third-order valence-corrected chi connectivity index (χ3v) is 4.36. The Morgan fingerprint density at radius 2 is 2.15 bits per heavy atom. The molecule has 1 unspecified atom stereocenters. The van der Waals surface area contributed by atoms with Crippen LogP contribution in [0.3, 0.4) is 0 Å². The van der Waals surface area contributed by atoms with E-state index < -0.39 is 0 Å². The maximum absolute atomic E-state index is 12.6. The first-order chi connectivity index (χ1) is 8.63. The first-order valence-corrected chi connectivity index (χ1v) is 7.40. The summed E-state index contributed by atoms with van der Waals surface area (Å²) in [6, 6.07) is 0.347. The number of carbonyl (C=O) groups is 1.